The van der Waals surface area contributed by atoms with Crippen LogP contribution in [0.2, 0.25) is 0 Å². The molecule has 0 amide bonds. The lowest BCUT2D eigenvalue weighted by Gasteiger charge is -2.22. The van der Waals surface area contributed by atoms with Gasteiger partial charge in [-0.1, -0.05) is 19.3 Å². The number of nitrogens with one attached hydrogen (secondary N) is 1. The van der Waals surface area contributed by atoms with E-state index in [4.69, 9.17) is 4.74 Å². The number of aromatic nitrogens is 2. The van der Waals surface area contributed by atoms with Crippen molar-refractivity contribution in [2.24, 2.45) is 7.05 Å². The normalized spacial score (nSPS) is 17.2. The molecule has 2 rings (SSSR count). The number of hydrogen-bond donors (Lipinski definition) is 1. The molecule has 0 bridgehead atoms. The number of hydrogen-bond acceptors (Lipinski definition) is 3. The molecule has 1 aromatic heterocycles. The second-order valence-electron chi connectivity index (χ2n) is 5.19. The van der Waals surface area contributed by atoms with E-state index in [1.807, 2.05) is 17.9 Å². The maximum atomic E-state index is 5.87. The van der Waals surface area contributed by atoms with Gasteiger partial charge in [-0.3, -0.25) is 4.68 Å². The molecule has 1 aliphatic rings. The quantitative estimate of drug-likeness (QED) is 0.788. The fraction of sp³-hybridized carbons (Fsp3) is 0.786. The van der Waals surface area contributed by atoms with Crippen molar-refractivity contribution in [3.8, 4) is 0 Å². The summed E-state index contributed by atoms with van der Waals surface area (Å²) >= 11 is 0. The summed E-state index contributed by atoms with van der Waals surface area (Å²) in [6, 6.07) is 0. The Morgan fingerprint density at radius 1 is 1.39 bits per heavy atom. The van der Waals surface area contributed by atoms with E-state index < -0.39 is 0 Å². The summed E-state index contributed by atoms with van der Waals surface area (Å²) in [5.41, 5.74) is 2.51. The van der Waals surface area contributed by atoms with Crippen LogP contribution in [0.1, 0.15) is 43.4 Å². The molecule has 0 radical (unpaired) electrons. The Bertz CT molecular complexity index is 356. The van der Waals surface area contributed by atoms with E-state index in [2.05, 4.69) is 17.3 Å². The molecule has 1 saturated carbocycles. The highest BCUT2D eigenvalue weighted by atomic mass is 16.5. The van der Waals surface area contributed by atoms with Crippen molar-refractivity contribution in [3.63, 3.8) is 0 Å². The minimum atomic E-state index is 0.515. The largest absolute Gasteiger partial charge is 0.377 e. The number of rotatable bonds is 6. The summed E-state index contributed by atoms with van der Waals surface area (Å²) in [6.45, 7) is 4.73. The van der Waals surface area contributed by atoms with Crippen LogP contribution in [0.15, 0.2) is 6.20 Å². The zero-order chi connectivity index (χ0) is 12.8. The molecule has 4 heteroatoms. The van der Waals surface area contributed by atoms with Crippen LogP contribution in [-0.2, 0) is 18.3 Å². The fourth-order valence-electron chi connectivity index (χ4n) is 2.47. The van der Waals surface area contributed by atoms with E-state index in [0.717, 1.165) is 19.7 Å². The topological polar surface area (TPSA) is 39.1 Å². The highest BCUT2D eigenvalue weighted by Gasteiger charge is 2.12. The van der Waals surface area contributed by atoms with Crippen molar-refractivity contribution in [1.29, 1.82) is 0 Å². The van der Waals surface area contributed by atoms with Gasteiger partial charge in [-0.15, -0.1) is 0 Å². The average Bonchev–Trinajstić information content (AvgIpc) is 2.71. The molecule has 1 aromatic rings. The van der Waals surface area contributed by atoms with E-state index >= 15 is 0 Å². The minimum absolute atomic E-state index is 0.515. The molecule has 4 nitrogen and oxygen atoms in total. The van der Waals surface area contributed by atoms with E-state index in [9.17, 15) is 0 Å². The number of aryl methyl sites for hydroxylation is 1. The highest BCUT2D eigenvalue weighted by molar-refractivity contribution is 5.15. The van der Waals surface area contributed by atoms with Crippen LogP contribution < -0.4 is 5.32 Å². The van der Waals surface area contributed by atoms with Crippen molar-refractivity contribution in [2.45, 2.75) is 51.7 Å². The molecule has 1 fully saturated rings. The summed E-state index contributed by atoms with van der Waals surface area (Å²) in [6.07, 6.45) is 9.02. The van der Waals surface area contributed by atoms with Gasteiger partial charge in [0.2, 0.25) is 0 Å². The Labute approximate surface area is 110 Å². The molecule has 1 aliphatic carbocycles. The molecule has 102 valence electrons. The molecular formula is C14H25N3O. The lowest BCUT2D eigenvalue weighted by atomic mass is 9.98. The first-order chi connectivity index (χ1) is 8.77. The van der Waals surface area contributed by atoms with Crippen LogP contribution in [0.4, 0.5) is 0 Å². The van der Waals surface area contributed by atoms with E-state index in [0.29, 0.717) is 6.10 Å². The van der Waals surface area contributed by atoms with Gasteiger partial charge in [0.1, 0.15) is 0 Å². The Morgan fingerprint density at radius 2 is 2.17 bits per heavy atom. The van der Waals surface area contributed by atoms with Crippen LogP contribution >= 0.6 is 0 Å². The molecule has 1 heterocycles. The van der Waals surface area contributed by atoms with Gasteiger partial charge in [0.15, 0.2) is 0 Å². The Morgan fingerprint density at radius 3 is 2.83 bits per heavy atom. The van der Waals surface area contributed by atoms with Gasteiger partial charge in [0.05, 0.1) is 18.9 Å². The molecule has 0 aliphatic heterocycles. The van der Waals surface area contributed by atoms with Crippen LogP contribution in [-0.4, -0.2) is 29.0 Å². The van der Waals surface area contributed by atoms with Crippen LogP contribution in [0.3, 0.4) is 0 Å². The van der Waals surface area contributed by atoms with Gasteiger partial charge in [-0.2, -0.15) is 5.10 Å². The van der Waals surface area contributed by atoms with Gasteiger partial charge >= 0.3 is 0 Å². The first-order valence-corrected chi connectivity index (χ1v) is 7.07. The number of ether oxygens (including phenoxy) is 1. The predicted octanol–water partition coefficient (Wildman–Crippen LogP) is 2.17. The van der Waals surface area contributed by atoms with Gasteiger partial charge in [-0.25, -0.2) is 0 Å². The van der Waals surface area contributed by atoms with Crippen molar-refractivity contribution >= 4 is 0 Å². The third-order valence-corrected chi connectivity index (χ3v) is 3.84. The van der Waals surface area contributed by atoms with Gasteiger partial charge in [-0.05, 0) is 19.8 Å². The molecular weight excluding hydrogens is 226 g/mol. The highest BCUT2D eigenvalue weighted by Crippen LogP contribution is 2.19. The molecule has 0 saturated heterocycles. The first-order valence-electron chi connectivity index (χ1n) is 7.07. The van der Waals surface area contributed by atoms with E-state index in [-0.39, 0.29) is 0 Å². The molecule has 0 atom stereocenters. The van der Waals surface area contributed by atoms with Crippen molar-refractivity contribution in [2.75, 3.05) is 13.2 Å². The van der Waals surface area contributed by atoms with Gasteiger partial charge in [0, 0.05) is 31.4 Å². The second kappa shape index (κ2) is 6.90. The lowest BCUT2D eigenvalue weighted by Crippen LogP contribution is -2.24. The van der Waals surface area contributed by atoms with Crippen LogP contribution in [0.25, 0.3) is 0 Å². The Hall–Kier alpha value is -0.870. The Balaban J connectivity index is 1.57. The molecule has 0 spiro atoms. The predicted molar refractivity (Wildman–Crippen MR) is 72.5 cm³/mol. The van der Waals surface area contributed by atoms with Crippen LogP contribution in [0, 0.1) is 6.92 Å². The summed E-state index contributed by atoms with van der Waals surface area (Å²) in [5.74, 6) is 0. The summed E-state index contributed by atoms with van der Waals surface area (Å²) in [5, 5.41) is 7.65. The zero-order valence-corrected chi connectivity index (χ0v) is 11.6. The molecule has 0 aromatic carbocycles. The molecule has 1 N–H and O–H groups in total. The van der Waals surface area contributed by atoms with Crippen molar-refractivity contribution in [3.05, 3.63) is 17.5 Å². The van der Waals surface area contributed by atoms with Gasteiger partial charge in [0.25, 0.3) is 0 Å². The van der Waals surface area contributed by atoms with Gasteiger partial charge < -0.3 is 10.1 Å². The van der Waals surface area contributed by atoms with E-state index in [1.165, 1.54) is 43.4 Å². The SMILES string of the molecule is Cc1c(CNCCOC2CCCCC2)cnn1C. The zero-order valence-electron chi connectivity index (χ0n) is 11.6. The first kappa shape index (κ1) is 13.6. The molecule has 18 heavy (non-hydrogen) atoms. The maximum Gasteiger partial charge on any atom is 0.0594 e. The van der Waals surface area contributed by atoms with Crippen molar-refractivity contribution < 1.29 is 4.74 Å². The van der Waals surface area contributed by atoms with Crippen LogP contribution in [0.5, 0.6) is 0 Å². The fourth-order valence-corrected chi connectivity index (χ4v) is 2.47. The standard InChI is InChI=1S/C14H25N3O/c1-12-13(11-16-17(12)2)10-15-8-9-18-14-6-4-3-5-7-14/h11,14-15H,3-10H2,1-2H3. The average molecular weight is 251 g/mol. The monoisotopic (exact) mass is 251 g/mol. The third kappa shape index (κ3) is 3.82. The summed E-state index contributed by atoms with van der Waals surface area (Å²) in [4.78, 5) is 0. The smallest absolute Gasteiger partial charge is 0.0594 e. The maximum absolute atomic E-state index is 5.87. The summed E-state index contributed by atoms with van der Waals surface area (Å²) in [7, 11) is 1.98. The second-order valence-corrected chi connectivity index (χ2v) is 5.19. The lowest BCUT2D eigenvalue weighted by molar-refractivity contribution is 0.0302. The van der Waals surface area contributed by atoms with E-state index in [1.54, 1.807) is 0 Å². The third-order valence-electron chi connectivity index (χ3n) is 3.84. The number of nitrogens with zero attached hydrogens (tertiary/aromatic N) is 2. The van der Waals surface area contributed by atoms with Crippen molar-refractivity contribution in [1.82, 2.24) is 15.1 Å². The minimum Gasteiger partial charge on any atom is -0.377 e. The Kier molecular flexibility index (Phi) is 5.20. The summed E-state index contributed by atoms with van der Waals surface area (Å²) < 4.78 is 7.79. The molecule has 0 unspecified atom stereocenters.